The Morgan fingerprint density at radius 1 is 0.966 bits per heavy atom. The van der Waals surface area contributed by atoms with Gasteiger partial charge in [0.2, 0.25) is 0 Å². The Morgan fingerprint density at radius 3 is 1.83 bits per heavy atom. The highest BCUT2D eigenvalue weighted by Crippen LogP contribution is 2.58. The zero-order valence-electron chi connectivity index (χ0n) is 18.5. The standard InChI is InChI=1S/C24H34N2P2Si/c1-23(2,3)22-20(29(4,5)6)13-17(16-27)21(22)24(28,18-9-7-11-25-14-18)19-10-8-12-26-15-19/h7-15,22H,16,27-28H2,1-6H3. The van der Waals surface area contributed by atoms with Crippen molar-refractivity contribution in [2.45, 2.75) is 45.6 Å². The molecular weight excluding hydrogens is 406 g/mol. The summed E-state index contributed by atoms with van der Waals surface area (Å²) in [4.78, 5) is 8.97. The van der Waals surface area contributed by atoms with Gasteiger partial charge >= 0.3 is 0 Å². The topological polar surface area (TPSA) is 25.8 Å². The largest absolute Gasteiger partial charge is 0.264 e. The first-order valence-electron chi connectivity index (χ1n) is 10.3. The molecule has 2 aromatic rings. The molecule has 3 atom stereocenters. The molecule has 1 aliphatic carbocycles. The van der Waals surface area contributed by atoms with Gasteiger partial charge < -0.3 is 0 Å². The van der Waals surface area contributed by atoms with E-state index in [1.54, 1.807) is 5.20 Å². The van der Waals surface area contributed by atoms with Crippen LogP contribution in [0.4, 0.5) is 0 Å². The molecule has 0 bridgehead atoms. The summed E-state index contributed by atoms with van der Waals surface area (Å²) in [6.45, 7) is 14.6. The summed E-state index contributed by atoms with van der Waals surface area (Å²) in [5.41, 5.74) is 5.44. The highest BCUT2D eigenvalue weighted by molar-refractivity contribution is 7.19. The van der Waals surface area contributed by atoms with E-state index < -0.39 is 8.07 Å². The predicted molar refractivity (Wildman–Crippen MR) is 135 cm³/mol. The molecule has 0 amide bonds. The smallest absolute Gasteiger partial charge is 0.0732 e. The minimum Gasteiger partial charge on any atom is -0.264 e. The first-order valence-corrected chi connectivity index (χ1v) is 15.2. The normalized spacial score (nSPS) is 18.2. The van der Waals surface area contributed by atoms with Crippen molar-refractivity contribution in [3.05, 3.63) is 82.6 Å². The van der Waals surface area contributed by atoms with Gasteiger partial charge in [0, 0.05) is 30.7 Å². The van der Waals surface area contributed by atoms with E-state index in [2.05, 4.69) is 87.1 Å². The number of aromatic nitrogens is 2. The van der Waals surface area contributed by atoms with Gasteiger partial charge in [-0.1, -0.05) is 63.8 Å². The second-order valence-corrected chi connectivity index (χ2v) is 16.4. The van der Waals surface area contributed by atoms with Gasteiger partial charge in [-0.25, -0.2) is 0 Å². The van der Waals surface area contributed by atoms with Crippen LogP contribution < -0.4 is 0 Å². The lowest BCUT2D eigenvalue weighted by atomic mass is 9.70. The van der Waals surface area contributed by atoms with E-state index in [4.69, 9.17) is 0 Å². The first kappa shape index (κ1) is 22.5. The SMILES string of the molecule is CC(C)(C)C1C([Si](C)(C)C)=CC(CP)=C1C(P)(c1cccnc1)c1cccnc1. The van der Waals surface area contributed by atoms with Crippen LogP contribution in [0.3, 0.4) is 0 Å². The van der Waals surface area contributed by atoms with Crippen molar-refractivity contribution >= 4 is 26.6 Å². The minimum atomic E-state index is -1.51. The number of rotatable bonds is 5. The fourth-order valence-electron chi connectivity index (χ4n) is 4.56. The van der Waals surface area contributed by atoms with E-state index in [0.717, 1.165) is 6.16 Å². The Morgan fingerprint density at radius 2 is 1.48 bits per heavy atom. The summed E-state index contributed by atoms with van der Waals surface area (Å²) in [6, 6.07) is 8.48. The highest BCUT2D eigenvalue weighted by Gasteiger charge is 2.48. The fraction of sp³-hybridized carbons (Fsp3) is 0.417. The van der Waals surface area contributed by atoms with Crippen LogP contribution in [0.25, 0.3) is 0 Å². The number of allylic oxidation sites excluding steroid dienone is 4. The Kier molecular flexibility index (Phi) is 6.36. The van der Waals surface area contributed by atoms with Crippen LogP contribution in [-0.4, -0.2) is 24.2 Å². The molecule has 0 N–H and O–H groups in total. The van der Waals surface area contributed by atoms with Crippen molar-refractivity contribution in [2.75, 3.05) is 6.16 Å². The van der Waals surface area contributed by atoms with E-state index >= 15 is 0 Å². The summed E-state index contributed by atoms with van der Waals surface area (Å²) < 4.78 is 0. The van der Waals surface area contributed by atoms with Gasteiger partial charge in [0.15, 0.2) is 0 Å². The van der Waals surface area contributed by atoms with Crippen molar-refractivity contribution in [1.29, 1.82) is 0 Å². The molecule has 2 heterocycles. The van der Waals surface area contributed by atoms with Crippen LogP contribution in [0.2, 0.25) is 19.6 Å². The number of hydrogen-bond acceptors (Lipinski definition) is 2. The van der Waals surface area contributed by atoms with Crippen LogP contribution >= 0.6 is 18.5 Å². The zero-order chi connectivity index (χ0) is 21.4. The Hall–Kier alpha value is -1.14. The molecule has 1 aliphatic rings. The predicted octanol–water partition coefficient (Wildman–Crippen LogP) is 6.25. The molecule has 0 aromatic carbocycles. The maximum Gasteiger partial charge on any atom is 0.0732 e. The zero-order valence-corrected chi connectivity index (χ0v) is 21.8. The molecule has 5 heteroatoms. The molecular formula is C24H34N2P2Si. The van der Waals surface area contributed by atoms with Gasteiger partial charge in [0.25, 0.3) is 0 Å². The van der Waals surface area contributed by atoms with Crippen LogP contribution in [0.1, 0.15) is 31.9 Å². The molecule has 0 fully saturated rings. The third-order valence-electron chi connectivity index (χ3n) is 5.89. The Balaban J connectivity index is 2.35. The van der Waals surface area contributed by atoms with E-state index in [-0.39, 0.29) is 10.6 Å². The third kappa shape index (κ3) is 4.20. The van der Waals surface area contributed by atoms with Crippen LogP contribution in [0.15, 0.2) is 71.5 Å². The van der Waals surface area contributed by atoms with Crippen molar-refractivity contribution in [1.82, 2.24) is 9.97 Å². The molecule has 0 saturated carbocycles. The van der Waals surface area contributed by atoms with Crippen LogP contribution in [0.5, 0.6) is 0 Å². The van der Waals surface area contributed by atoms with Gasteiger partial charge in [0.05, 0.1) is 13.2 Å². The molecule has 0 radical (unpaired) electrons. The van der Waals surface area contributed by atoms with Crippen LogP contribution in [0, 0.1) is 11.3 Å². The summed E-state index contributed by atoms with van der Waals surface area (Å²) in [7, 11) is 4.67. The second kappa shape index (κ2) is 8.18. The van der Waals surface area contributed by atoms with E-state index in [1.165, 1.54) is 22.3 Å². The number of pyridine rings is 2. The van der Waals surface area contributed by atoms with E-state index in [1.807, 2.05) is 36.9 Å². The Labute approximate surface area is 182 Å². The first-order chi connectivity index (χ1) is 13.5. The summed E-state index contributed by atoms with van der Waals surface area (Å²) in [6.07, 6.45) is 11.2. The maximum absolute atomic E-state index is 4.48. The summed E-state index contributed by atoms with van der Waals surface area (Å²) >= 11 is 0. The molecule has 29 heavy (non-hydrogen) atoms. The molecule has 0 spiro atoms. The van der Waals surface area contributed by atoms with Gasteiger partial charge in [0.1, 0.15) is 0 Å². The number of nitrogens with zero attached hydrogens (tertiary/aromatic N) is 2. The average Bonchev–Trinajstić information content (AvgIpc) is 3.10. The van der Waals surface area contributed by atoms with Gasteiger partial charge in [-0.3, -0.25) is 9.97 Å². The molecule has 154 valence electrons. The minimum absolute atomic E-state index is 0.120. The van der Waals surface area contributed by atoms with Crippen molar-refractivity contribution in [3.8, 4) is 0 Å². The van der Waals surface area contributed by atoms with E-state index in [9.17, 15) is 0 Å². The monoisotopic (exact) mass is 440 g/mol. The van der Waals surface area contributed by atoms with Gasteiger partial charge in [-0.05, 0) is 46.0 Å². The second-order valence-electron chi connectivity index (χ2n) is 10.1. The van der Waals surface area contributed by atoms with E-state index in [0.29, 0.717) is 5.92 Å². The molecule has 3 rings (SSSR count). The van der Waals surface area contributed by atoms with Crippen molar-refractivity contribution in [2.24, 2.45) is 11.3 Å². The summed E-state index contributed by atoms with van der Waals surface area (Å²) in [5.74, 6) is 0.391. The molecule has 3 unspecified atom stereocenters. The average molecular weight is 441 g/mol. The fourth-order valence-corrected chi connectivity index (χ4v) is 7.64. The Bertz CT molecular complexity index is 883. The lowest BCUT2D eigenvalue weighted by molar-refractivity contribution is 0.316. The lowest BCUT2D eigenvalue weighted by Gasteiger charge is -2.44. The van der Waals surface area contributed by atoms with Gasteiger partial charge in [-0.2, -0.15) is 0 Å². The summed E-state index contributed by atoms with van der Waals surface area (Å²) in [5, 5.41) is 1.29. The number of hydrogen-bond donors (Lipinski definition) is 0. The van der Waals surface area contributed by atoms with Crippen LogP contribution in [-0.2, 0) is 5.16 Å². The van der Waals surface area contributed by atoms with Gasteiger partial charge in [-0.15, -0.1) is 18.5 Å². The van der Waals surface area contributed by atoms with Crippen molar-refractivity contribution < 1.29 is 0 Å². The molecule has 2 nitrogen and oxygen atoms in total. The molecule has 0 saturated heterocycles. The highest BCUT2D eigenvalue weighted by atomic mass is 31.0. The third-order valence-corrected chi connectivity index (χ3v) is 9.47. The lowest BCUT2D eigenvalue weighted by Crippen LogP contribution is -2.39. The quantitative estimate of drug-likeness (QED) is 0.406. The molecule has 0 aliphatic heterocycles. The van der Waals surface area contributed by atoms with Crippen molar-refractivity contribution in [3.63, 3.8) is 0 Å². The molecule has 2 aromatic heterocycles. The maximum atomic E-state index is 4.48.